The quantitative estimate of drug-likeness (QED) is 0.689. The number of aryl methyl sites for hydroxylation is 1. The summed E-state index contributed by atoms with van der Waals surface area (Å²) in [5.74, 6) is -0.720. The van der Waals surface area contributed by atoms with Crippen LogP contribution in [-0.2, 0) is 17.6 Å². The number of para-hydroxylation sites is 1. The van der Waals surface area contributed by atoms with E-state index in [0.29, 0.717) is 5.56 Å². The first kappa shape index (κ1) is 15.6. The highest BCUT2D eigenvalue weighted by Crippen LogP contribution is 2.32. The minimum absolute atomic E-state index is 0.207. The van der Waals surface area contributed by atoms with E-state index in [9.17, 15) is 9.59 Å². The van der Waals surface area contributed by atoms with Gasteiger partial charge in [-0.15, -0.1) is 0 Å². The van der Waals surface area contributed by atoms with Crippen LogP contribution in [0.5, 0.6) is 0 Å². The van der Waals surface area contributed by atoms with E-state index in [1.807, 2.05) is 18.2 Å². The van der Waals surface area contributed by atoms with Gasteiger partial charge in [0.25, 0.3) is 5.91 Å². The van der Waals surface area contributed by atoms with Gasteiger partial charge in [0.1, 0.15) is 0 Å². The number of carbonyl (C=O) groups excluding carboxylic acids is 2. The second-order valence-electron chi connectivity index (χ2n) is 6.19. The SMILES string of the molecule is O=C(OCC(=O)n1c2c(c3ccccc31)CCCC2)c1ccncc1. The fourth-order valence-electron chi connectivity index (χ4n) is 3.54. The first-order valence-corrected chi connectivity index (χ1v) is 8.47. The van der Waals surface area contributed by atoms with Crippen molar-refractivity contribution in [3.8, 4) is 0 Å². The molecular weight excluding hydrogens is 316 g/mol. The normalized spacial score (nSPS) is 13.4. The molecule has 0 saturated carbocycles. The number of carbonyl (C=O) groups is 2. The van der Waals surface area contributed by atoms with Crippen molar-refractivity contribution in [3.05, 3.63) is 65.6 Å². The van der Waals surface area contributed by atoms with Gasteiger partial charge < -0.3 is 4.74 Å². The lowest BCUT2D eigenvalue weighted by Crippen LogP contribution is -2.22. The zero-order chi connectivity index (χ0) is 17.2. The van der Waals surface area contributed by atoms with E-state index < -0.39 is 5.97 Å². The van der Waals surface area contributed by atoms with E-state index >= 15 is 0 Å². The molecule has 5 heteroatoms. The Morgan fingerprint density at radius 1 is 1.04 bits per heavy atom. The number of hydrogen-bond donors (Lipinski definition) is 0. The van der Waals surface area contributed by atoms with Crippen LogP contribution in [0.1, 0.15) is 39.3 Å². The lowest BCUT2D eigenvalue weighted by Gasteiger charge is -2.15. The molecule has 0 unspecified atom stereocenters. The van der Waals surface area contributed by atoms with E-state index in [1.165, 1.54) is 18.0 Å². The topological polar surface area (TPSA) is 61.2 Å². The monoisotopic (exact) mass is 334 g/mol. The number of rotatable bonds is 3. The lowest BCUT2D eigenvalue weighted by atomic mass is 9.95. The van der Waals surface area contributed by atoms with Crippen molar-refractivity contribution in [2.75, 3.05) is 6.61 Å². The summed E-state index contributed by atoms with van der Waals surface area (Å²) in [6.07, 6.45) is 7.14. The predicted octanol–water partition coefficient (Wildman–Crippen LogP) is 3.41. The van der Waals surface area contributed by atoms with Crippen LogP contribution in [0.15, 0.2) is 48.8 Å². The maximum Gasteiger partial charge on any atom is 0.338 e. The number of esters is 1. The van der Waals surface area contributed by atoms with Crippen molar-refractivity contribution in [1.29, 1.82) is 0 Å². The van der Waals surface area contributed by atoms with Gasteiger partial charge in [-0.3, -0.25) is 14.3 Å². The summed E-state index contributed by atoms with van der Waals surface area (Å²) in [7, 11) is 0. The molecule has 1 aliphatic rings. The molecule has 0 amide bonds. The zero-order valence-corrected chi connectivity index (χ0v) is 13.8. The Kier molecular flexibility index (Phi) is 4.06. The summed E-state index contributed by atoms with van der Waals surface area (Å²) < 4.78 is 6.96. The second-order valence-corrected chi connectivity index (χ2v) is 6.19. The van der Waals surface area contributed by atoms with Crippen LogP contribution in [0.25, 0.3) is 10.9 Å². The number of hydrogen-bond acceptors (Lipinski definition) is 4. The van der Waals surface area contributed by atoms with E-state index in [4.69, 9.17) is 4.74 Å². The third kappa shape index (κ3) is 2.82. The fourth-order valence-corrected chi connectivity index (χ4v) is 3.54. The second kappa shape index (κ2) is 6.51. The molecule has 0 N–H and O–H groups in total. The first-order valence-electron chi connectivity index (χ1n) is 8.47. The Morgan fingerprint density at radius 2 is 1.80 bits per heavy atom. The van der Waals surface area contributed by atoms with Gasteiger partial charge in [0.05, 0.1) is 11.1 Å². The molecule has 0 fully saturated rings. The lowest BCUT2D eigenvalue weighted by molar-refractivity contribution is 0.0449. The Morgan fingerprint density at radius 3 is 2.64 bits per heavy atom. The number of ether oxygens (including phenoxy) is 1. The molecule has 0 atom stereocenters. The van der Waals surface area contributed by atoms with Gasteiger partial charge in [0.15, 0.2) is 6.61 Å². The third-order valence-corrected chi connectivity index (χ3v) is 4.67. The third-order valence-electron chi connectivity index (χ3n) is 4.67. The molecule has 0 radical (unpaired) electrons. The van der Waals surface area contributed by atoms with Gasteiger partial charge in [0.2, 0.25) is 0 Å². The average molecular weight is 334 g/mol. The fraction of sp³-hybridized carbons (Fsp3) is 0.250. The standard InChI is InChI=1S/C20H18N2O3/c23-19(13-25-20(24)14-9-11-21-12-10-14)22-17-7-3-1-5-15(17)16-6-2-4-8-18(16)22/h1,3,5,7,9-12H,2,4,6,8,13H2. The van der Waals surface area contributed by atoms with Crippen molar-refractivity contribution in [1.82, 2.24) is 9.55 Å². The summed E-state index contributed by atoms with van der Waals surface area (Å²) in [6, 6.07) is 11.1. The Hall–Kier alpha value is -2.95. The molecule has 0 bridgehead atoms. The molecule has 1 aliphatic carbocycles. The largest absolute Gasteiger partial charge is 0.452 e. The van der Waals surface area contributed by atoms with Gasteiger partial charge >= 0.3 is 5.97 Å². The van der Waals surface area contributed by atoms with Gasteiger partial charge in [0, 0.05) is 23.5 Å². The van der Waals surface area contributed by atoms with Crippen LogP contribution in [0.4, 0.5) is 0 Å². The minimum Gasteiger partial charge on any atom is -0.452 e. The average Bonchev–Trinajstić information content (AvgIpc) is 3.01. The number of benzene rings is 1. The first-order chi connectivity index (χ1) is 12.3. The molecule has 0 aliphatic heterocycles. The highest BCUT2D eigenvalue weighted by atomic mass is 16.5. The van der Waals surface area contributed by atoms with E-state index in [-0.39, 0.29) is 12.5 Å². The van der Waals surface area contributed by atoms with Crippen LogP contribution in [0.2, 0.25) is 0 Å². The molecule has 4 rings (SSSR count). The molecule has 2 aromatic heterocycles. The summed E-state index contributed by atoms with van der Waals surface area (Å²) >= 11 is 0. The predicted molar refractivity (Wildman–Crippen MR) is 93.7 cm³/mol. The van der Waals surface area contributed by atoms with Crippen LogP contribution in [0.3, 0.4) is 0 Å². The Labute approximate surface area is 145 Å². The molecule has 0 saturated heterocycles. The number of aromatic nitrogens is 2. The van der Waals surface area contributed by atoms with Gasteiger partial charge in [-0.05, 0) is 49.4 Å². The Bertz CT molecular complexity index is 944. The maximum absolute atomic E-state index is 12.8. The van der Waals surface area contributed by atoms with Crippen LogP contribution in [-0.4, -0.2) is 28.0 Å². The summed E-state index contributed by atoms with van der Waals surface area (Å²) in [4.78, 5) is 28.7. The van der Waals surface area contributed by atoms with Crippen LogP contribution >= 0.6 is 0 Å². The Balaban J connectivity index is 1.61. The number of fused-ring (bicyclic) bond motifs is 3. The van der Waals surface area contributed by atoms with Crippen molar-refractivity contribution in [2.24, 2.45) is 0 Å². The van der Waals surface area contributed by atoms with Gasteiger partial charge in [-0.25, -0.2) is 4.79 Å². The molecule has 25 heavy (non-hydrogen) atoms. The number of nitrogens with zero attached hydrogens (tertiary/aromatic N) is 2. The minimum atomic E-state index is -0.513. The molecule has 5 nitrogen and oxygen atoms in total. The molecule has 2 heterocycles. The molecular formula is C20H18N2O3. The van der Waals surface area contributed by atoms with Gasteiger partial charge in [-0.2, -0.15) is 0 Å². The summed E-state index contributed by atoms with van der Waals surface area (Å²) in [5.41, 5.74) is 3.62. The van der Waals surface area contributed by atoms with Crippen LogP contribution < -0.4 is 0 Å². The van der Waals surface area contributed by atoms with Crippen molar-refractivity contribution in [2.45, 2.75) is 25.7 Å². The summed E-state index contributed by atoms with van der Waals surface area (Å²) in [5, 5.41) is 1.13. The maximum atomic E-state index is 12.8. The molecule has 126 valence electrons. The summed E-state index contributed by atoms with van der Waals surface area (Å²) in [6.45, 7) is -0.272. The van der Waals surface area contributed by atoms with E-state index in [2.05, 4.69) is 11.1 Å². The van der Waals surface area contributed by atoms with Crippen molar-refractivity contribution in [3.63, 3.8) is 0 Å². The molecule has 1 aromatic carbocycles. The zero-order valence-electron chi connectivity index (χ0n) is 13.8. The molecule has 0 spiro atoms. The van der Waals surface area contributed by atoms with Crippen LogP contribution in [0, 0.1) is 0 Å². The highest BCUT2D eigenvalue weighted by molar-refractivity contribution is 5.98. The molecule has 3 aromatic rings. The van der Waals surface area contributed by atoms with Gasteiger partial charge in [-0.1, -0.05) is 18.2 Å². The van der Waals surface area contributed by atoms with E-state index in [1.54, 1.807) is 16.7 Å². The highest BCUT2D eigenvalue weighted by Gasteiger charge is 2.23. The van der Waals surface area contributed by atoms with E-state index in [0.717, 1.165) is 42.3 Å². The van der Waals surface area contributed by atoms with Crippen molar-refractivity contribution < 1.29 is 14.3 Å². The van der Waals surface area contributed by atoms with Crippen molar-refractivity contribution >= 4 is 22.8 Å². The smallest absolute Gasteiger partial charge is 0.338 e. The number of pyridine rings is 1.